The largest absolute Gasteiger partial charge is 0.504 e. The summed E-state index contributed by atoms with van der Waals surface area (Å²) in [6.07, 6.45) is 0. The summed E-state index contributed by atoms with van der Waals surface area (Å²) in [6.45, 7) is 3.49. The molecule has 2 rings (SSSR count). The molecule has 0 bridgehead atoms. The molecule has 14 heavy (non-hydrogen) atoms. The number of phenolic OH excluding ortho intramolecular Hbond substituents is 1. The summed E-state index contributed by atoms with van der Waals surface area (Å²) in [7, 11) is 0. The maximum atomic E-state index is 9.54. The Hall–Kier alpha value is -1.42. The topological polar surface area (TPSA) is 47.9 Å². The molecule has 0 radical (unpaired) electrons. The molecule has 1 heterocycles. The van der Waals surface area contributed by atoms with Gasteiger partial charge in [-0.15, -0.1) is 0 Å². The van der Waals surface area contributed by atoms with Crippen molar-refractivity contribution in [3.05, 3.63) is 17.7 Å². The van der Waals surface area contributed by atoms with E-state index in [1.165, 1.54) is 0 Å². The van der Waals surface area contributed by atoms with Crippen molar-refractivity contribution in [3.8, 4) is 17.2 Å². The number of hydrogen-bond donors (Lipinski definition) is 1. The standard InChI is InChI=1S/C10H12O4/c1-3-12-10-13-8-5-6(2)4-7(11)9(8)14-10/h4-5,10-11H,3H2,1-2H3. The minimum atomic E-state index is -0.734. The van der Waals surface area contributed by atoms with Gasteiger partial charge in [0.25, 0.3) is 0 Å². The number of fused-ring (bicyclic) bond motifs is 1. The van der Waals surface area contributed by atoms with Crippen molar-refractivity contribution < 1.29 is 19.3 Å². The molecule has 4 nitrogen and oxygen atoms in total. The van der Waals surface area contributed by atoms with Crippen molar-refractivity contribution in [1.82, 2.24) is 0 Å². The molecule has 0 aliphatic carbocycles. The summed E-state index contributed by atoms with van der Waals surface area (Å²) >= 11 is 0. The molecule has 0 saturated carbocycles. The van der Waals surface area contributed by atoms with Gasteiger partial charge >= 0.3 is 6.48 Å². The van der Waals surface area contributed by atoms with Crippen molar-refractivity contribution in [3.63, 3.8) is 0 Å². The van der Waals surface area contributed by atoms with Gasteiger partial charge < -0.3 is 19.3 Å². The minimum absolute atomic E-state index is 0.0854. The van der Waals surface area contributed by atoms with Gasteiger partial charge in [-0.2, -0.15) is 0 Å². The van der Waals surface area contributed by atoms with Crippen LogP contribution >= 0.6 is 0 Å². The Morgan fingerprint density at radius 3 is 2.93 bits per heavy atom. The number of aryl methyl sites for hydroxylation is 1. The van der Waals surface area contributed by atoms with Crippen LogP contribution in [0.3, 0.4) is 0 Å². The van der Waals surface area contributed by atoms with E-state index >= 15 is 0 Å². The SMILES string of the molecule is CCOC1Oc2cc(C)cc(O)c2O1. The summed E-state index contributed by atoms with van der Waals surface area (Å²) in [5.41, 5.74) is 0.919. The molecule has 0 saturated heterocycles. The Balaban J connectivity index is 2.26. The molecule has 76 valence electrons. The van der Waals surface area contributed by atoms with Crippen LogP contribution in [0.2, 0.25) is 0 Å². The van der Waals surface area contributed by atoms with Gasteiger partial charge in [-0.3, -0.25) is 0 Å². The summed E-state index contributed by atoms with van der Waals surface area (Å²) in [4.78, 5) is 0. The molecular weight excluding hydrogens is 184 g/mol. The highest BCUT2D eigenvalue weighted by Gasteiger charge is 2.27. The highest BCUT2D eigenvalue weighted by atomic mass is 16.9. The summed E-state index contributed by atoms with van der Waals surface area (Å²) in [5.74, 6) is 0.970. The minimum Gasteiger partial charge on any atom is -0.504 e. The summed E-state index contributed by atoms with van der Waals surface area (Å²) in [6, 6.07) is 3.42. The molecule has 1 unspecified atom stereocenters. The number of benzene rings is 1. The number of rotatable bonds is 2. The zero-order valence-electron chi connectivity index (χ0n) is 8.11. The van der Waals surface area contributed by atoms with Crippen LogP contribution in [0.25, 0.3) is 0 Å². The zero-order valence-corrected chi connectivity index (χ0v) is 8.11. The smallest absolute Gasteiger partial charge is 0.361 e. The van der Waals surface area contributed by atoms with Gasteiger partial charge in [0, 0.05) is 0 Å². The van der Waals surface area contributed by atoms with E-state index in [1.807, 2.05) is 13.8 Å². The third kappa shape index (κ3) is 1.48. The molecule has 1 N–H and O–H groups in total. The van der Waals surface area contributed by atoms with Gasteiger partial charge in [-0.25, -0.2) is 0 Å². The number of hydrogen-bond acceptors (Lipinski definition) is 4. The second-order valence-corrected chi connectivity index (χ2v) is 3.09. The first-order valence-corrected chi connectivity index (χ1v) is 4.49. The highest BCUT2D eigenvalue weighted by Crippen LogP contribution is 2.43. The predicted octanol–water partition coefficient (Wildman–Crippen LogP) is 1.79. The Morgan fingerprint density at radius 1 is 1.43 bits per heavy atom. The molecule has 0 fully saturated rings. The van der Waals surface area contributed by atoms with Crippen molar-refractivity contribution in [1.29, 1.82) is 0 Å². The number of phenols is 1. The molecule has 1 aromatic rings. The lowest BCUT2D eigenvalue weighted by Gasteiger charge is -2.08. The van der Waals surface area contributed by atoms with Crippen LogP contribution in [-0.2, 0) is 4.74 Å². The van der Waals surface area contributed by atoms with Crippen molar-refractivity contribution >= 4 is 0 Å². The normalized spacial score (nSPS) is 18.6. The van der Waals surface area contributed by atoms with Gasteiger partial charge in [0.05, 0.1) is 6.61 Å². The third-order valence-corrected chi connectivity index (χ3v) is 1.92. The molecular formula is C10H12O4. The Kier molecular flexibility index (Phi) is 2.21. The first-order chi connectivity index (χ1) is 6.70. The second-order valence-electron chi connectivity index (χ2n) is 3.09. The van der Waals surface area contributed by atoms with E-state index in [0.717, 1.165) is 5.56 Å². The van der Waals surface area contributed by atoms with E-state index in [4.69, 9.17) is 14.2 Å². The van der Waals surface area contributed by atoms with Crippen LogP contribution in [0.1, 0.15) is 12.5 Å². The molecule has 1 aliphatic rings. The summed E-state index contributed by atoms with van der Waals surface area (Å²) in [5, 5.41) is 9.54. The average molecular weight is 196 g/mol. The monoisotopic (exact) mass is 196 g/mol. The van der Waals surface area contributed by atoms with E-state index in [0.29, 0.717) is 18.1 Å². The van der Waals surface area contributed by atoms with E-state index in [-0.39, 0.29) is 5.75 Å². The Bertz CT molecular complexity index is 348. The predicted molar refractivity (Wildman–Crippen MR) is 49.5 cm³/mol. The Labute approximate surface area is 82.0 Å². The van der Waals surface area contributed by atoms with Gasteiger partial charge in [0.15, 0.2) is 11.5 Å². The maximum absolute atomic E-state index is 9.54. The zero-order chi connectivity index (χ0) is 10.1. The van der Waals surface area contributed by atoms with E-state index < -0.39 is 6.48 Å². The van der Waals surface area contributed by atoms with Crippen LogP contribution in [0, 0.1) is 6.92 Å². The van der Waals surface area contributed by atoms with Gasteiger partial charge in [-0.05, 0) is 31.5 Å². The molecule has 0 aromatic heterocycles. The van der Waals surface area contributed by atoms with Crippen molar-refractivity contribution in [2.24, 2.45) is 0 Å². The molecule has 1 atom stereocenters. The lowest BCUT2D eigenvalue weighted by atomic mass is 10.2. The first-order valence-electron chi connectivity index (χ1n) is 4.49. The fraction of sp³-hybridized carbons (Fsp3) is 0.400. The fourth-order valence-corrected chi connectivity index (χ4v) is 1.36. The van der Waals surface area contributed by atoms with Crippen LogP contribution in [0.4, 0.5) is 0 Å². The maximum Gasteiger partial charge on any atom is 0.361 e. The molecule has 0 amide bonds. The van der Waals surface area contributed by atoms with E-state index in [1.54, 1.807) is 12.1 Å². The lowest BCUT2D eigenvalue weighted by Crippen LogP contribution is -2.21. The number of ether oxygens (including phenoxy) is 3. The highest BCUT2D eigenvalue weighted by molar-refractivity contribution is 5.54. The third-order valence-electron chi connectivity index (χ3n) is 1.92. The van der Waals surface area contributed by atoms with E-state index in [2.05, 4.69) is 0 Å². The molecule has 1 aliphatic heterocycles. The first kappa shape index (κ1) is 9.15. The Morgan fingerprint density at radius 2 is 2.21 bits per heavy atom. The van der Waals surface area contributed by atoms with Crippen molar-refractivity contribution in [2.75, 3.05) is 6.61 Å². The number of aromatic hydroxyl groups is 1. The van der Waals surface area contributed by atoms with Crippen LogP contribution < -0.4 is 9.47 Å². The molecule has 0 spiro atoms. The van der Waals surface area contributed by atoms with Gasteiger partial charge in [-0.1, -0.05) is 0 Å². The second kappa shape index (κ2) is 3.38. The van der Waals surface area contributed by atoms with Crippen LogP contribution in [-0.4, -0.2) is 18.2 Å². The van der Waals surface area contributed by atoms with Gasteiger partial charge in [0.1, 0.15) is 0 Å². The average Bonchev–Trinajstić information content (AvgIpc) is 2.48. The van der Waals surface area contributed by atoms with Crippen molar-refractivity contribution in [2.45, 2.75) is 20.3 Å². The molecule has 1 aromatic carbocycles. The summed E-state index contributed by atoms with van der Waals surface area (Å²) < 4.78 is 15.7. The lowest BCUT2D eigenvalue weighted by molar-refractivity contribution is -0.173. The van der Waals surface area contributed by atoms with E-state index in [9.17, 15) is 5.11 Å². The van der Waals surface area contributed by atoms with Gasteiger partial charge in [0.2, 0.25) is 5.75 Å². The fourth-order valence-electron chi connectivity index (χ4n) is 1.36. The molecule has 4 heteroatoms. The quantitative estimate of drug-likeness (QED) is 0.783. The van der Waals surface area contributed by atoms with Crippen LogP contribution in [0.5, 0.6) is 17.2 Å². The van der Waals surface area contributed by atoms with Crippen LogP contribution in [0.15, 0.2) is 12.1 Å².